The second-order valence-electron chi connectivity index (χ2n) is 5.41. The third-order valence-corrected chi connectivity index (χ3v) is 4.86. The number of carbonyl (C=O) groups is 1. The van der Waals surface area contributed by atoms with Crippen LogP contribution in [0, 0.1) is 0 Å². The molecular weight excluding hydrogens is 312 g/mol. The van der Waals surface area contributed by atoms with Crippen molar-refractivity contribution in [3.63, 3.8) is 0 Å². The van der Waals surface area contributed by atoms with Gasteiger partial charge >= 0.3 is 0 Å². The number of piperidine rings is 1. The summed E-state index contributed by atoms with van der Waals surface area (Å²) in [7, 11) is 0. The number of ether oxygens (including phenoxy) is 1. The minimum absolute atomic E-state index is 0.0362. The molecule has 0 radical (unpaired) electrons. The number of likely N-dealkylation sites (tertiary alicyclic amines) is 1. The Hall–Kier alpha value is -1.86. The highest BCUT2D eigenvalue weighted by Crippen LogP contribution is 2.26. The number of rotatable bonds is 5. The van der Waals surface area contributed by atoms with Gasteiger partial charge in [0.25, 0.3) is 5.91 Å². The summed E-state index contributed by atoms with van der Waals surface area (Å²) in [5.41, 5.74) is 0. The summed E-state index contributed by atoms with van der Waals surface area (Å²) in [5.74, 6) is 0.593. The van der Waals surface area contributed by atoms with E-state index in [1.54, 1.807) is 24.7 Å². The first-order valence-electron chi connectivity index (χ1n) is 7.91. The molecule has 0 bridgehead atoms. The van der Waals surface area contributed by atoms with Crippen molar-refractivity contribution >= 4 is 17.2 Å². The molecule has 3 heterocycles. The number of thiazole rings is 1. The van der Waals surface area contributed by atoms with Crippen LogP contribution in [0.4, 0.5) is 0 Å². The van der Waals surface area contributed by atoms with Gasteiger partial charge in [-0.3, -0.25) is 4.79 Å². The molecule has 1 aliphatic heterocycles. The first-order chi connectivity index (χ1) is 11.3. The van der Waals surface area contributed by atoms with Crippen molar-refractivity contribution in [3.8, 4) is 10.8 Å². The van der Waals surface area contributed by atoms with E-state index in [1.165, 1.54) is 11.3 Å². The van der Waals surface area contributed by atoms with Crippen LogP contribution in [0.25, 0.3) is 10.8 Å². The SMILES string of the molecule is CCOC[C@@H]1CCCCN1C(=O)c1cnc(-c2ncccn2)s1. The fourth-order valence-corrected chi connectivity index (χ4v) is 3.54. The van der Waals surface area contributed by atoms with E-state index in [1.807, 2.05) is 11.8 Å². The summed E-state index contributed by atoms with van der Waals surface area (Å²) >= 11 is 1.35. The van der Waals surface area contributed by atoms with Crippen LogP contribution in [0.5, 0.6) is 0 Å². The molecule has 0 aliphatic carbocycles. The number of carbonyl (C=O) groups excluding carboxylic acids is 1. The average molecular weight is 332 g/mol. The molecule has 3 rings (SSSR count). The van der Waals surface area contributed by atoms with Gasteiger partial charge in [0, 0.05) is 25.5 Å². The second-order valence-corrected chi connectivity index (χ2v) is 6.44. The molecule has 0 spiro atoms. The van der Waals surface area contributed by atoms with Crippen LogP contribution >= 0.6 is 11.3 Å². The van der Waals surface area contributed by atoms with E-state index in [9.17, 15) is 4.79 Å². The maximum Gasteiger partial charge on any atom is 0.265 e. The van der Waals surface area contributed by atoms with Crippen LogP contribution < -0.4 is 0 Å². The van der Waals surface area contributed by atoms with E-state index in [-0.39, 0.29) is 11.9 Å². The van der Waals surface area contributed by atoms with E-state index in [0.717, 1.165) is 25.8 Å². The molecule has 0 saturated carbocycles. The molecule has 122 valence electrons. The van der Waals surface area contributed by atoms with E-state index in [4.69, 9.17) is 4.74 Å². The van der Waals surface area contributed by atoms with Crippen molar-refractivity contribution in [3.05, 3.63) is 29.5 Å². The van der Waals surface area contributed by atoms with Crippen molar-refractivity contribution in [2.45, 2.75) is 32.2 Å². The lowest BCUT2D eigenvalue weighted by molar-refractivity contribution is 0.0346. The van der Waals surface area contributed by atoms with Gasteiger partial charge in [-0.2, -0.15) is 0 Å². The van der Waals surface area contributed by atoms with E-state index in [0.29, 0.717) is 28.9 Å². The van der Waals surface area contributed by atoms with E-state index in [2.05, 4.69) is 15.0 Å². The molecule has 2 aromatic rings. The topological polar surface area (TPSA) is 68.2 Å². The van der Waals surface area contributed by atoms with Crippen molar-refractivity contribution in [2.24, 2.45) is 0 Å². The summed E-state index contributed by atoms with van der Waals surface area (Å²) in [4.78, 5) is 28.1. The highest BCUT2D eigenvalue weighted by Gasteiger charge is 2.28. The lowest BCUT2D eigenvalue weighted by atomic mass is 10.0. The molecule has 0 N–H and O–H groups in total. The van der Waals surface area contributed by atoms with Gasteiger partial charge in [0.05, 0.1) is 18.8 Å². The maximum absolute atomic E-state index is 12.8. The third-order valence-electron chi connectivity index (χ3n) is 3.88. The second kappa shape index (κ2) is 7.61. The molecular formula is C16H20N4O2S. The molecule has 1 atom stereocenters. The van der Waals surface area contributed by atoms with Gasteiger partial charge in [0.2, 0.25) is 0 Å². The van der Waals surface area contributed by atoms with Crippen LogP contribution in [0.15, 0.2) is 24.7 Å². The van der Waals surface area contributed by atoms with Gasteiger partial charge in [-0.15, -0.1) is 11.3 Å². The Morgan fingerprint density at radius 3 is 2.96 bits per heavy atom. The lowest BCUT2D eigenvalue weighted by Crippen LogP contribution is -2.45. The normalized spacial score (nSPS) is 18.1. The number of amides is 1. The fraction of sp³-hybridized carbons (Fsp3) is 0.500. The highest BCUT2D eigenvalue weighted by molar-refractivity contribution is 7.16. The summed E-state index contributed by atoms with van der Waals surface area (Å²) < 4.78 is 5.54. The van der Waals surface area contributed by atoms with Gasteiger partial charge in [-0.05, 0) is 32.3 Å². The number of nitrogens with zero attached hydrogens (tertiary/aromatic N) is 4. The van der Waals surface area contributed by atoms with E-state index < -0.39 is 0 Å². The van der Waals surface area contributed by atoms with E-state index >= 15 is 0 Å². The summed E-state index contributed by atoms with van der Waals surface area (Å²) in [6.07, 6.45) is 8.17. The molecule has 0 unspecified atom stereocenters. The zero-order valence-corrected chi connectivity index (χ0v) is 14.0. The van der Waals surface area contributed by atoms with Gasteiger partial charge in [-0.25, -0.2) is 15.0 Å². The Morgan fingerprint density at radius 2 is 2.17 bits per heavy atom. The fourth-order valence-electron chi connectivity index (χ4n) is 2.72. The number of aromatic nitrogens is 3. The Balaban J connectivity index is 1.75. The van der Waals surface area contributed by atoms with Crippen LogP contribution in [0.3, 0.4) is 0 Å². The maximum atomic E-state index is 12.8. The standard InChI is InChI=1S/C16H20N4O2S/c1-2-22-11-12-6-3-4-9-20(12)16(21)13-10-19-15(23-13)14-17-7-5-8-18-14/h5,7-8,10,12H,2-4,6,9,11H2,1H3/t12-/m0/s1. The van der Waals surface area contributed by atoms with Crippen LogP contribution in [0.1, 0.15) is 35.9 Å². The molecule has 23 heavy (non-hydrogen) atoms. The van der Waals surface area contributed by atoms with Crippen LogP contribution in [-0.2, 0) is 4.74 Å². The average Bonchev–Trinajstić information content (AvgIpc) is 3.10. The Bertz CT molecular complexity index is 647. The highest BCUT2D eigenvalue weighted by atomic mass is 32.1. The van der Waals surface area contributed by atoms with Gasteiger partial charge in [0.15, 0.2) is 10.8 Å². The Morgan fingerprint density at radius 1 is 1.35 bits per heavy atom. The first-order valence-corrected chi connectivity index (χ1v) is 8.73. The van der Waals surface area contributed by atoms with Gasteiger partial charge in [0.1, 0.15) is 4.88 Å². The molecule has 1 fully saturated rings. The van der Waals surface area contributed by atoms with Crippen molar-refractivity contribution in [1.82, 2.24) is 19.9 Å². The molecule has 1 amide bonds. The predicted octanol–water partition coefficient (Wildman–Crippen LogP) is 2.63. The summed E-state index contributed by atoms with van der Waals surface area (Å²) in [6.45, 7) is 4.04. The summed E-state index contributed by atoms with van der Waals surface area (Å²) in [5, 5.41) is 0.673. The Labute approximate surface area is 139 Å². The third kappa shape index (κ3) is 3.73. The van der Waals surface area contributed by atoms with Crippen LogP contribution in [-0.4, -0.2) is 51.6 Å². The zero-order valence-electron chi connectivity index (χ0n) is 13.1. The molecule has 2 aromatic heterocycles. The van der Waals surface area contributed by atoms with Crippen molar-refractivity contribution < 1.29 is 9.53 Å². The van der Waals surface area contributed by atoms with Gasteiger partial charge < -0.3 is 9.64 Å². The van der Waals surface area contributed by atoms with Crippen LogP contribution in [0.2, 0.25) is 0 Å². The first kappa shape index (κ1) is 16.0. The zero-order chi connectivity index (χ0) is 16.1. The molecule has 1 saturated heterocycles. The summed E-state index contributed by atoms with van der Waals surface area (Å²) in [6, 6.07) is 1.92. The monoisotopic (exact) mass is 332 g/mol. The molecule has 6 nitrogen and oxygen atoms in total. The quantitative estimate of drug-likeness (QED) is 0.842. The Kier molecular flexibility index (Phi) is 5.30. The lowest BCUT2D eigenvalue weighted by Gasteiger charge is -2.35. The number of hydrogen-bond donors (Lipinski definition) is 0. The largest absolute Gasteiger partial charge is 0.380 e. The van der Waals surface area contributed by atoms with Crippen molar-refractivity contribution in [1.29, 1.82) is 0 Å². The molecule has 7 heteroatoms. The van der Waals surface area contributed by atoms with Gasteiger partial charge in [-0.1, -0.05) is 0 Å². The van der Waals surface area contributed by atoms with Crippen molar-refractivity contribution in [2.75, 3.05) is 19.8 Å². The minimum atomic E-state index is 0.0362. The smallest absolute Gasteiger partial charge is 0.265 e. The predicted molar refractivity (Wildman–Crippen MR) is 88.3 cm³/mol. The molecule has 0 aromatic carbocycles. The molecule has 1 aliphatic rings. The number of hydrogen-bond acceptors (Lipinski definition) is 6. The minimum Gasteiger partial charge on any atom is -0.380 e.